The first-order valence-electron chi connectivity index (χ1n) is 6.20. The van der Waals surface area contributed by atoms with Crippen LogP contribution in [0.15, 0.2) is 41.8 Å². The van der Waals surface area contributed by atoms with Gasteiger partial charge in [-0.15, -0.1) is 18.3 Å². The van der Waals surface area contributed by atoms with Crippen LogP contribution in [-0.2, 0) is 9.59 Å². The zero-order chi connectivity index (χ0) is 14.7. The van der Waals surface area contributed by atoms with E-state index in [0.717, 1.165) is 11.3 Å². The van der Waals surface area contributed by atoms with Crippen LogP contribution in [0.2, 0.25) is 5.02 Å². The summed E-state index contributed by atoms with van der Waals surface area (Å²) in [5.41, 5.74) is 1.18. The number of nitrogens with zero attached hydrogens (tertiary/aromatic N) is 1. The van der Waals surface area contributed by atoms with Crippen molar-refractivity contribution in [2.75, 3.05) is 12.3 Å². The highest BCUT2D eigenvalue weighted by Gasteiger charge is 2.38. The molecule has 2 rings (SSSR count). The number of halogens is 1. The summed E-state index contributed by atoms with van der Waals surface area (Å²) in [5, 5.41) is 0.596. The Kier molecular flexibility index (Phi) is 4.68. The largest absolute Gasteiger partial charge is 0.270 e. The molecule has 0 atom stereocenters. The molecule has 5 heteroatoms. The molecule has 0 saturated carbocycles. The summed E-state index contributed by atoms with van der Waals surface area (Å²) in [5.74, 6) is 0.216. The number of rotatable bonds is 5. The van der Waals surface area contributed by atoms with E-state index in [2.05, 4.69) is 6.58 Å². The molecule has 1 aliphatic heterocycles. The van der Waals surface area contributed by atoms with E-state index in [1.807, 2.05) is 6.92 Å². The number of amides is 2. The molecule has 20 heavy (non-hydrogen) atoms. The van der Waals surface area contributed by atoms with Gasteiger partial charge < -0.3 is 0 Å². The van der Waals surface area contributed by atoms with Crippen molar-refractivity contribution in [3.05, 3.63) is 52.4 Å². The second-order valence-electron chi connectivity index (χ2n) is 4.15. The third kappa shape index (κ3) is 2.67. The summed E-state index contributed by atoms with van der Waals surface area (Å²) in [6, 6.07) is 6.95. The van der Waals surface area contributed by atoms with E-state index in [1.54, 1.807) is 30.3 Å². The van der Waals surface area contributed by atoms with E-state index in [-0.39, 0.29) is 18.4 Å². The third-order valence-corrected chi connectivity index (χ3v) is 4.07. The molecule has 0 bridgehead atoms. The second kappa shape index (κ2) is 6.29. The molecular formula is C15H14ClNO2S. The second-order valence-corrected chi connectivity index (χ2v) is 5.86. The summed E-state index contributed by atoms with van der Waals surface area (Å²) >= 11 is 7.25. The van der Waals surface area contributed by atoms with Crippen LogP contribution in [0.3, 0.4) is 0 Å². The predicted molar refractivity (Wildman–Crippen MR) is 83.4 cm³/mol. The van der Waals surface area contributed by atoms with Crippen LogP contribution in [-0.4, -0.2) is 29.0 Å². The van der Waals surface area contributed by atoms with Crippen LogP contribution >= 0.6 is 23.4 Å². The van der Waals surface area contributed by atoms with Gasteiger partial charge in [-0.05, 0) is 23.4 Å². The molecule has 3 nitrogen and oxygen atoms in total. The fourth-order valence-electron chi connectivity index (χ4n) is 2.00. The molecule has 0 aromatic heterocycles. The van der Waals surface area contributed by atoms with Gasteiger partial charge in [-0.2, -0.15) is 0 Å². The Morgan fingerprint density at radius 3 is 2.45 bits per heavy atom. The van der Waals surface area contributed by atoms with E-state index in [9.17, 15) is 9.59 Å². The van der Waals surface area contributed by atoms with Crippen LogP contribution in [0.25, 0.3) is 5.57 Å². The number of thioether (sulfide) groups is 1. The van der Waals surface area contributed by atoms with Crippen LogP contribution in [0, 0.1) is 0 Å². The minimum Gasteiger partial charge on any atom is -0.270 e. The van der Waals surface area contributed by atoms with Crippen molar-refractivity contribution < 1.29 is 9.59 Å². The lowest BCUT2D eigenvalue weighted by Crippen LogP contribution is -2.31. The Balaban J connectivity index is 2.49. The van der Waals surface area contributed by atoms with Crippen LogP contribution in [0.4, 0.5) is 0 Å². The average molecular weight is 308 g/mol. The van der Waals surface area contributed by atoms with E-state index >= 15 is 0 Å². The Bertz CT molecular complexity index is 592. The van der Waals surface area contributed by atoms with Gasteiger partial charge in [0, 0.05) is 11.6 Å². The highest BCUT2D eigenvalue weighted by atomic mass is 35.5. The van der Waals surface area contributed by atoms with Crippen molar-refractivity contribution in [1.29, 1.82) is 0 Å². The summed E-state index contributed by atoms with van der Waals surface area (Å²) in [6.07, 6.45) is 1.55. The van der Waals surface area contributed by atoms with Gasteiger partial charge in [0.2, 0.25) is 0 Å². The SMILES string of the molecule is C=CCN1C(=O)C(SCC)=C(c2ccc(Cl)cc2)C1=O. The Morgan fingerprint density at radius 2 is 1.90 bits per heavy atom. The van der Waals surface area contributed by atoms with Gasteiger partial charge in [-0.1, -0.05) is 36.7 Å². The number of benzene rings is 1. The number of carbonyl (C=O) groups is 2. The molecule has 0 unspecified atom stereocenters. The van der Waals surface area contributed by atoms with Crippen molar-refractivity contribution in [3.63, 3.8) is 0 Å². The molecule has 0 saturated heterocycles. The van der Waals surface area contributed by atoms with Crippen molar-refractivity contribution >= 4 is 40.8 Å². The van der Waals surface area contributed by atoms with Gasteiger partial charge >= 0.3 is 0 Å². The normalized spacial score (nSPS) is 15.2. The zero-order valence-electron chi connectivity index (χ0n) is 11.1. The van der Waals surface area contributed by atoms with Gasteiger partial charge in [0.05, 0.1) is 10.5 Å². The summed E-state index contributed by atoms with van der Waals surface area (Å²) in [7, 11) is 0. The van der Waals surface area contributed by atoms with E-state index < -0.39 is 0 Å². The number of imide groups is 1. The first-order valence-corrected chi connectivity index (χ1v) is 7.56. The number of hydrogen-bond donors (Lipinski definition) is 0. The molecule has 0 fully saturated rings. The van der Waals surface area contributed by atoms with E-state index in [0.29, 0.717) is 15.5 Å². The molecule has 0 N–H and O–H groups in total. The third-order valence-electron chi connectivity index (χ3n) is 2.86. The minimum atomic E-state index is -0.270. The molecule has 104 valence electrons. The van der Waals surface area contributed by atoms with Crippen LogP contribution in [0.1, 0.15) is 12.5 Å². The first kappa shape index (κ1) is 14.9. The Morgan fingerprint density at radius 1 is 1.25 bits per heavy atom. The molecule has 0 aliphatic carbocycles. The highest BCUT2D eigenvalue weighted by molar-refractivity contribution is 8.04. The maximum absolute atomic E-state index is 12.4. The quantitative estimate of drug-likeness (QED) is 0.618. The lowest BCUT2D eigenvalue weighted by molar-refractivity contribution is -0.135. The molecule has 1 aromatic carbocycles. The van der Waals surface area contributed by atoms with Gasteiger partial charge in [0.25, 0.3) is 11.8 Å². The standard InChI is InChI=1S/C15H14ClNO2S/c1-3-9-17-14(18)12(13(15(17)19)20-4-2)10-5-7-11(16)8-6-10/h3,5-8H,1,4,9H2,2H3. The predicted octanol–water partition coefficient (Wildman–Crippen LogP) is 3.36. The maximum Gasteiger partial charge on any atom is 0.268 e. The Labute approximate surface area is 127 Å². The molecular weight excluding hydrogens is 294 g/mol. The summed E-state index contributed by atoms with van der Waals surface area (Å²) in [4.78, 5) is 26.4. The molecule has 0 radical (unpaired) electrons. The molecule has 1 heterocycles. The zero-order valence-corrected chi connectivity index (χ0v) is 12.6. The van der Waals surface area contributed by atoms with Gasteiger partial charge in [0.1, 0.15) is 0 Å². The van der Waals surface area contributed by atoms with Gasteiger partial charge in [-0.3, -0.25) is 14.5 Å². The van der Waals surface area contributed by atoms with Crippen molar-refractivity contribution in [1.82, 2.24) is 4.90 Å². The van der Waals surface area contributed by atoms with Crippen LogP contribution in [0.5, 0.6) is 0 Å². The minimum absolute atomic E-state index is 0.225. The lowest BCUT2D eigenvalue weighted by Gasteiger charge is -2.11. The smallest absolute Gasteiger partial charge is 0.268 e. The topological polar surface area (TPSA) is 37.4 Å². The average Bonchev–Trinajstić information content (AvgIpc) is 2.66. The maximum atomic E-state index is 12.4. The van der Waals surface area contributed by atoms with Crippen molar-refractivity contribution in [2.24, 2.45) is 0 Å². The summed E-state index contributed by atoms with van der Waals surface area (Å²) in [6.45, 7) is 5.76. The van der Waals surface area contributed by atoms with Crippen molar-refractivity contribution in [2.45, 2.75) is 6.92 Å². The van der Waals surface area contributed by atoms with E-state index in [1.165, 1.54) is 16.7 Å². The van der Waals surface area contributed by atoms with Gasteiger partial charge in [-0.25, -0.2) is 0 Å². The van der Waals surface area contributed by atoms with Crippen molar-refractivity contribution in [3.8, 4) is 0 Å². The number of carbonyl (C=O) groups excluding carboxylic acids is 2. The molecule has 1 aromatic rings. The fourth-order valence-corrected chi connectivity index (χ4v) is 3.00. The van der Waals surface area contributed by atoms with Crippen LogP contribution < -0.4 is 0 Å². The molecule has 2 amide bonds. The fraction of sp³-hybridized carbons (Fsp3) is 0.200. The first-order chi connectivity index (χ1) is 9.60. The lowest BCUT2D eigenvalue weighted by atomic mass is 10.1. The monoisotopic (exact) mass is 307 g/mol. The molecule has 1 aliphatic rings. The van der Waals surface area contributed by atoms with Gasteiger partial charge in [0.15, 0.2) is 0 Å². The highest BCUT2D eigenvalue weighted by Crippen LogP contribution is 2.36. The molecule has 0 spiro atoms. The number of hydrogen-bond acceptors (Lipinski definition) is 3. The van der Waals surface area contributed by atoms with E-state index in [4.69, 9.17) is 11.6 Å². The Hall–Kier alpha value is -1.52. The summed E-state index contributed by atoms with van der Waals surface area (Å²) < 4.78 is 0.